The summed E-state index contributed by atoms with van der Waals surface area (Å²) in [6.45, 7) is 8.71. The minimum atomic E-state index is -0.272. The molecule has 0 aromatic heterocycles. The van der Waals surface area contributed by atoms with Crippen LogP contribution in [-0.2, 0) is 4.79 Å². The summed E-state index contributed by atoms with van der Waals surface area (Å²) in [5.41, 5.74) is 0. The molecule has 2 N–H and O–H groups in total. The van der Waals surface area contributed by atoms with Crippen molar-refractivity contribution in [2.75, 3.05) is 12.3 Å². The van der Waals surface area contributed by atoms with Gasteiger partial charge < -0.3 is 10.4 Å². The standard InChI is InChI=1S/C11H23NO2S/c1-9(13)6-5-7-12-10(14)8-15-11(2,3)4/h9,13H,5-8H2,1-4H3,(H,12,14). The predicted molar refractivity (Wildman–Crippen MR) is 66.1 cm³/mol. The van der Waals surface area contributed by atoms with Crippen LogP contribution in [0, 0.1) is 0 Å². The molecule has 0 aliphatic rings. The summed E-state index contributed by atoms with van der Waals surface area (Å²) in [4.78, 5) is 11.3. The summed E-state index contributed by atoms with van der Waals surface area (Å²) in [5, 5.41) is 11.9. The van der Waals surface area contributed by atoms with Gasteiger partial charge in [-0.2, -0.15) is 0 Å². The van der Waals surface area contributed by atoms with E-state index in [1.807, 2.05) is 0 Å². The Labute approximate surface area is 97.0 Å². The van der Waals surface area contributed by atoms with Gasteiger partial charge >= 0.3 is 0 Å². The van der Waals surface area contributed by atoms with Gasteiger partial charge in [0.2, 0.25) is 5.91 Å². The van der Waals surface area contributed by atoms with E-state index in [2.05, 4.69) is 26.1 Å². The largest absolute Gasteiger partial charge is 0.393 e. The Kier molecular flexibility index (Phi) is 7.02. The normalized spacial score (nSPS) is 13.7. The summed E-state index contributed by atoms with van der Waals surface area (Å²) in [6, 6.07) is 0. The van der Waals surface area contributed by atoms with E-state index in [9.17, 15) is 4.79 Å². The zero-order chi connectivity index (χ0) is 11.9. The highest BCUT2D eigenvalue weighted by Crippen LogP contribution is 2.22. The number of hydrogen-bond donors (Lipinski definition) is 2. The second kappa shape index (κ2) is 7.12. The number of hydrogen-bond acceptors (Lipinski definition) is 3. The molecule has 4 heteroatoms. The van der Waals surface area contributed by atoms with E-state index in [0.29, 0.717) is 12.3 Å². The lowest BCUT2D eigenvalue weighted by atomic mass is 10.2. The summed E-state index contributed by atoms with van der Waals surface area (Å²) in [7, 11) is 0. The quantitative estimate of drug-likeness (QED) is 0.688. The van der Waals surface area contributed by atoms with E-state index in [-0.39, 0.29) is 16.8 Å². The fourth-order valence-electron chi connectivity index (χ4n) is 0.958. The maximum atomic E-state index is 11.3. The fraction of sp³-hybridized carbons (Fsp3) is 0.909. The van der Waals surface area contributed by atoms with Crippen molar-refractivity contribution in [3.8, 4) is 0 Å². The molecule has 0 aromatic rings. The molecular formula is C11H23NO2S. The molecule has 0 fully saturated rings. The van der Waals surface area contributed by atoms with Crippen LogP contribution in [0.5, 0.6) is 0 Å². The van der Waals surface area contributed by atoms with Crippen molar-refractivity contribution in [1.29, 1.82) is 0 Å². The van der Waals surface area contributed by atoms with Crippen LogP contribution in [0.25, 0.3) is 0 Å². The van der Waals surface area contributed by atoms with Gasteiger partial charge in [-0.05, 0) is 19.8 Å². The predicted octanol–water partition coefficient (Wildman–Crippen LogP) is 1.80. The molecule has 3 nitrogen and oxygen atoms in total. The van der Waals surface area contributed by atoms with E-state index >= 15 is 0 Å². The third kappa shape index (κ3) is 11.7. The number of carbonyl (C=O) groups is 1. The Balaban J connectivity index is 3.42. The molecular weight excluding hydrogens is 210 g/mol. The maximum absolute atomic E-state index is 11.3. The van der Waals surface area contributed by atoms with Gasteiger partial charge in [-0.15, -0.1) is 11.8 Å². The molecule has 0 aromatic carbocycles. The first-order chi connectivity index (χ1) is 6.81. The summed E-state index contributed by atoms with van der Waals surface area (Å²) >= 11 is 1.64. The van der Waals surface area contributed by atoms with Crippen LogP contribution in [0.1, 0.15) is 40.5 Å². The smallest absolute Gasteiger partial charge is 0.230 e. The minimum absolute atomic E-state index is 0.0838. The zero-order valence-corrected chi connectivity index (χ0v) is 11.0. The summed E-state index contributed by atoms with van der Waals surface area (Å²) < 4.78 is 0.136. The number of nitrogens with one attached hydrogen (secondary N) is 1. The van der Waals surface area contributed by atoms with Crippen molar-refractivity contribution >= 4 is 17.7 Å². The van der Waals surface area contributed by atoms with Crippen molar-refractivity contribution < 1.29 is 9.90 Å². The minimum Gasteiger partial charge on any atom is -0.393 e. The SMILES string of the molecule is CC(O)CCCNC(=O)CSC(C)(C)C. The van der Waals surface area contributed by atoms with Crippen molar-refractivity contribution in [3.05, 3.63) is 0 Å². The first kappa shape index (κ1) is 14.8. The molecule has 0 radical (unpaired) electrons. The molecule has 0 saturated carbocycles. The molecule has 0 bridgehead atoms. The van der Waals surface area contributed by atoms with Gasteiger partial charge in [-0.3, -0.25) is 4.79 Å². The Morgan fingerprint density at radius 1 is 1.47 bits per heavy atom. The van der Waals surface area contributed by atoms with E-state index < -0.39 is 0 Å². The lowest BCUT2D eigenvalue weighted by Gasteiger charge is -2.17. The van der Waals surface area contributed by atoms with E-state index in [1.165, 1.54) is 0 Å². The van der Waals surface area contributed by atoms with Crippen molar-refractivity contribution in [2.45, 2.75) is 51.4 Å². The Bertz CT molecular complexity index is 188. The molecule has 0 spiro atoms. The molecule has 0 heterocycles. The number of carbonyl (C=O) groups excluding carboxylic acids is 1. The van der Waals surface area contributed by atoms with Crippen LogP contribution >= 0.6 is 11.8 Å². The average Bonchev–Trinajstić information content (AvgIpc) is 2.07. The van der Waals surface area contributed by atoms with Gasteiger partial charge in [0, 0.05) is 11.3 Å². The second-order valence-electron chi connectivity index (χ2n) is 4.74. The third-order valence-corrected chi connectivity index (χ3v) is 3.03. The molecule has 0 saturated heterocycles. The number of aliphatic hydroxyl groups excluding tert-OH is 1. The van der Waals surface area contributed by atoms with Crippen molar-refractivity contribution in [3.63, 3.8) is 0 Å². The maximum Gasteiger partial charge on any atom is 0.230 e. The Hall–Kier alpha value is -0.220. The monoisotopic (exact) mass is 233 g/mol. The van der Waals surface area contributed by atoms with E-state index in [4.69, 9.17) is 5.11 Å². The highest BCUT2D eigenvalue weighted by molar-refractivity contribution is 8.01. The molecule has 90 valence electrons. The van der Waals surface area contributed by atoms with Gasteiger partial charge in [0.25, 0.3) is 0 Å². The zero-order valence-electron chi connectivity index (χ0n) is 10.2. The topological polar surface area (TPSA) is 49.3 Å². The first-order valence-corrected chi connectivity index (χ1v) is 6.38. The van der Waals surface area contributed by atoms with E-state index in [1.54, 1.807) is 18.7 Å². The van der Waals surface area contributed by atoms with Gasteiger partial charge in [-0.25, -0.2) is 0 Å². The highest BCUT2D eigenvalue weighted by Gasteiger charge is 2.12. The van der Waals surface area contributed by atoms with Crippen molar-refractivity contribution in [1.82, 2.24) is 5.32 Å². The Morgan fingerprint density at radius 3 is 2.53 bits per heavy atom. The van der Waals surface area contributed by atoms with Crippen LogP contribution in [0.2, 0.25) is 0 Å². The summed E-state index contributed by atoms with van der Waals surface area (Å²) in [5.74, 6) is 0.596. The first-order valence-electron chi connectivity index (χ1n) is 5.40. The number of thioether (sulfide) groups is 1. The average molecular weight is 233 g/mol. The number of aliphatic hydroxyl groups is 1. The van der Waals surface area contributed by atoms with Crippen LogP contribution in [-0.4, -0.2) is 34.2 Å². The molecule has 1 unspecified atom stereocenters. The van der Waals surface area contributed by atoms with Crippen LogP contribution in [0.15, 0.2) is 0 Å². The third-order valence-electron chi connectivity index (χ3n) is 1.76. The summed E-state index contributed by atoms with van der Waals surface area (Å²) in [6.07, 6.45) is 1.31. The molecule has 15 heavy (non-hydrogen) atoms. The van der Waals surface area contributed by atoms with Crippen molar-refractivity contribution in [2.24, 2.45) is 0 Å². The van der Waals surface area contributed by atoms with Gasteiger partial charge in [0.15, 0.2) is 0 Å². The highest BCUT2D eigenvalue weighted by atomic mass is 32.2. The molecule has 0 aliphatic carbocycles. The molecule has 0 aliphatic heterocycles. The van der Waals surface area contributed by atoms with Gasteiger partial charge in [0.1, 0.15) is 0 Å². The lowest BCUT2D eigenvalue weighted by Crippen LogP contribution is -2.28. The van der Waals surface area contributed by atoms with Gasteiger partial charge in [0.05, 0.1) is 11.9 Å². The Morgan fingerprint density at radius 2 is 2.07 bits per heavy atom. The lowest BCUT2D eigenvalue weighted by molar-refractivity contribution is -0.118. The van der Waals surface area contributed by atoms with Crippen LogP contribution < -0.4 is 5.32 Å². The number of amides is 1. The fourth-order valence-corrected chi connectivity index (χ4v) is 1.62. The number of rotatable bonds is 6. The second-order valence-corrected chi connectivity index (χ2v) is 6.54. The van der Waals surface area contributed by atoms with E-state index in [0.717, 1.165) is 12.8 Å². The van der Waals surface area contributed by atoms with Gasteiger partial charge in [-0.1, -0.05) is 20.8 Å². The molecule has 1 amide bonds. The van der Waals surface area contributed by atoms with Crippen LogP contribution in [0.3, 0.4) is 0 Å². The molecule has 1 atom stereocenters. The molecule has 0 rings (SSSR count). The van der Waals surface area contributed by atoms with Crippen LogP contribution in [0.4, 0.5) is 0 Å².